The van der Waals surface area contributed by atoms with E-state index in [1.165, 1.54) is 16.7 Å². The fourth-order valence-electron chi connectivity index (χ4n) is 4.14. The second-order valence-electron chi connectivity index (χ2n) is 7.95. The zero-order valence-electron chi connectivity index (χ0n) is 16.8. The molecule has 7 nitrogen and oxygen atoms in total. The first kappa shape index (κ1) is 19.1. The summed E-state index contributed by atoms with van der Waals surface area (Å²) in [5.41, 5.74) is 4.47. The van der Waals surface area contributed by atoms with Crippen LogP contribution in [0.1, 0.15) is 46.1 Å². The lowest BCUT2D eigenvalue weighted by molar-refractivity contribution is 0.0299. The number of carbonyl (C=O) groups excluding carboxylic acids is 1. The molecular formula is C21H29N5O2. The van der Waals surface area contributed by atoms with Crippen LogP contribution in [0.4, 0.5) is 0 Å². The highest BCUT2D eigenvalue weighted by Gasteiger charge is 2.26. The number of ether oxygens (including phenoxy) is 1. The molecule has 0 radical (unpaired) electrons. The monoisotopic (exact) mass is 383 g/mol. The van der Waals surface area contributed by atoms with Gasteiger partial charge in [0.05, 0.1) is 25.5 Å². The maximum absolute atomic E-state index is 12.6. The second-order valence-corrected chi connectivity index (χ2v) is 7.95. The van der Waals surface area contributed by atoms with E-state index in [-0.39, 0.29) is 11.9 Å². The van der Waals surface area contributed by atoms with Crippen molar-refractivity contribution in [3.63, 3.8) is 0 Å². The molecule has 150 valence electrons. The van der Waals surface area contributed by atoms with E-state index in [0.29, 0.717) is 32.0 Å². The van der Waals surface area contributed by atoms with Crippen LogP contribution in [-0.2, 0) is 11.3 Å². The zero-order valence-corrected chi connectivity index (χ0v) is 16.8. The minimum Gasteiger partial charge on any atom is -0.378 e. The van der Waals surface area contributed by atoms with Crippen LogP contribution >= 0.6 is 0 Å². The molecule has 3 heterocycles. The van der Waals surface area contributed by atoms with E-state index in [4.69, 9.17) is 4.74 Å². The number of benzene rings is 1. The Morgan fingerprint density at radius 2 is 2.04 bits per heavy atom. The summed E-state index contributed by atoms with van der Waals surface area (Å²) in [6.07, 6.45) is 4.02. The van der Waals surface area contributed by atoms with E-state index in [9.17, 15) is 4.79 Å². The first-order valence-corrected chi connectivity index (χ1v) is 10.2. The molecule has 0 bridgehead atoms. The van der Waals surface area contributed by atoms with E-state index in [0.717, 1.165) is 32.5 Å². The highest BCUT2D eigenvalue weighted by Crippen LogP contribution is 2.23. The molecule has 0 aliphatic carbocycles. The maximum Gasteiger partial charge on any atom is 0.276 e. The number of hydrogen-bond donors (Lipinski definition) is 0. The molecule has 2 saturated heterocycles. The summed E-state index contributed by atoms with van der Waals surface area (Å²) in [5.74, 6) is -0.0440. The minimum absolute atomic E-state index is 0.0440. The number of aryl methyl sites for hydroxylation is 2. The lowest BCUT2D eigenvalue weighted by atomic mass is 10.0. The van der Waals surface area contributed by atoms with Crippen molar-refractivity contribution in [2.75, 3.05) is 39.4 Å². The number of amides is 1. The molecule has 0 spiro atoms. The molecule has 1 aromatic heterocycles. The topological polar surface area (TPSA) is 63.5 Å². The SMILES string of the molecule is Cc1ccc(CN2CCCC(n3cc(C(=O)N4CCOCC4)nn3)C2)c(C)c1. The summed E-state index contributed by atoms with van der Waals surface area (Å²) in [7, 11) is 0. The van der Waals surface area contributed by atoms with Gasteiger partial charge in [0.2, 0.25) is 0 Å². The highest BCUT2D eigenvalue weighted by atomic mass is 16.5. The van der Waals surface area contributed by atoms with Gasteiger partial charge >= 0.3 is 0 Å². The molecule has 1 aromatic carbocycles. The first-order valence-electron chi connectivity index (χ1n) is 10.2. The molecule has 1 atom stereocenters. The van der Waals surface area contributed by atoms with E-state index < -0.39 is 0 Å². The van der Waals surface area contributed by atoms with Crippen molar-refractivity contribution in [2.45, 2.75) is 39.3 Å². The predicted molar refractivity (Wildman–Crippen MR) is 106 cm³/mol. The lowest BCUT2D eigenvalue weighted by Crippen LogP contribution is -2.40. The molecule has 1 unspecified atom stereocenters. The Kier molecular flexibility index (Phi) is 5.73. The first-order chi connectivity index (χ1) is 13.6. The van der Waals surface area contributed by atoms with Crippen molar-refractivity contribution >= 4 is 5.91 Å². The third kappa shape index (κ3) is 4.25. The van der Waals surface area contributed by atoms with Crippen LogP contribution in [0.25, 0.3) is 0 Å². The Bertz CT molecular complexity index is 828. The third-order valence-corrected chi connectivity index (χ3v) is 5.77. The second kappa shape index (κ2) is 8.41. The molecule has 7 heteroatoms. The van der Waals surface area contributed by atoms with Crippen LogP contribution in [0.2, 0.25) is 0 Å². The summed E-state index contributed by atoms with van der Waals surface area (Å²) < 4.78 is 7.21. The van der Waals surface area contributed by atoms with Crippen LogP contribution in [-0.4, -0.2) is 70.1 Å². The number of likely N-dealkylation sites (tertiary alicyclic amines) is 1. The van der Waals surface area contributed by atoms with Crippen LogP contribution in [0, 0.1) is 13.8 Å². The Hall–Kier alpha value is -2.25. The van der Waals surface area contributed by atoms with Gasteiger partial charge in [-0.05, 0) is 44.4 Å². The number of carbonyl (C=O) groups is 1. The van der Waals surface area contributed by atoms with Crippen molar-refractivity contribution in [1.82, 2.24) is 24.8 Å². The van der Waals surface area contributed by atoms with Crippen molar-refractivity contribution in [2.24, 2.45) is 0 Å². The fraction of sp³-hybridized carbons (Fsp3) is 0.571. The Balaban J connectivity index is 1.40. The quantitative estimate of drug-likeness (QED) is 0.810. The number of nitrogens with zero attached hydrogens (tertiary/aromatic N) is 5. The van der Waals surface area contributed by atoms with E-state index >= 15 is 0 Å². The van der Waals surface area contributed by atoms with Crippen molar-refractivity contribution in [1.29, 1.82) is 0 Å². The molecule has 0 saturated carbocycles. The van der Waals surface area contributed by atoms with Gasteiger partial charge in [-0.25, -0.2) is 4.68 Å². The average molecular weight is 383 g/mol. The Morgan fingerprint density at radius 3 is 2.82 bits per heavy atom. The third-order valence-electron chi connectivity index (χ3n) is 5.77. The zero-order chi connectivity index (χ0) is 19.5. The number of morpholine rings is 1. The highest BCUT2D eigenvalue weighted by molar-refractivity contribution is 5.92. The number of rotatable bonds is 4. The van der Waals surface area contributed by atoms with Crippen molar-refractivity contribution < 1.29 is 9.53 Å². The average Bonchev–Trinajstić information content (AvgIpc) is 3.21. The van der Waals surface area contributed by atoms with Gasteiger partial charge < -0.3 is 9.64 Å². The Labute approximate surface area is 166 Å². The lowest BCUT2D eigenvalue weighted by Gasteiger charge is -2.33. The Morgan fingerprint density at radius 1 is 1.21 bits per heavy atom. The van der Waals surface area contributed by atoms with Crippen LogP contribution in [0.5, 0.6) is 0 Å². The molecule has 2 fully saturated rings. The van der Waals surface area contributed by atoms with Gasteiger partial charge in [-0.2, -0.15) is 0 Å². The molecular weight excluding hydrogens is 354 g/mol. The summed E-state index contributed by atoms with van der Waals surface area (Å²) in [5, 5.41) is 8.45. The molecule has 2 aromatic rings. The van der Waals surface area contributed by atoms with E-state index in [1.54, 1.807) is 4.90 Å². The fourth-order valence-corrected chi connectivity index (χ4v) is 4.14. The van der Waals surface area contributed by atoms with Gasteiger partial charge in [-0.15, -0.1) is 5.10 Å². The minimum atomic E-state index is -0.0440. The summed E-state index contributed by atoms with van der Waals surface area (Å²) in [4.78, 5) is 16.9. The van der Waals surface area contributed by atoms with Crippen molar-refractivity contribution in [3.05, 3.63) is 46.8 Å². The van der Waals surface area contributed by atoms with Crippen LogP contribution in [0.3, 0.4) is 0 Å². The van der Waals surface area contributed by atoms with Gasteiger partial charge in [0.1, 0.15) is 0 Å². The molecule has 4 rings (SSSR count). The molecule has 2 aliphatic heterocycles. The van der Waals surface area contributed by atoms with Gasteiger partial charge in [0, 0.05) is 26.2 Å². The van der Waals surface area contributed by atoms with Gasteiger partial charge in [0.15, 0.2) is 5.69 Å². The largest absolute Gasteiger partial charge is 0.378 e. The molecule has 0 N–H and O–H groups in total. The van der Waals surface area contributed by atoms with E-state index in [2.05, 4.69) is 47.3 Å². The number of aromatic nitrogens is 3. The smallest absolute Gasteiger partial charge is 0.276 e. The predicted octanol–water partition coefficient (Wildman–Crippen LogP) is 2.20. The van der Waals surface area contributed by atoms with Crippen molar-refractivity contribution in [3.8, 4) is 0 Å². The number of hydrogen-bond acceptors (Lipinski definition) is 5. The molecule has 28 heavy (non-hydrogen) atoms. The summed E-state index contributed by atoms with van der Waals surface area (Å²) in [6, 6.07) is 6.93. The number of piperidine rings is 1. The van der Waals surface area contributed by atoms with Gasteiger partial charge in [-0.1, -0.05) is 29.0 Å². The molecule has 2 aliphatic rings. The van der Waals surface area contributed by atoms with E-state index in [1.807, 2.05) is 10.9 Å². The van der Waals surface area contributed by atoms with Gasteiger partial charge in [0.25, 0.3) is 5.91 Å². The van der Waals surface area contributed by atoms with Gasteiger partial charge in [-0.3, -0.25) is 9.69 Å². The van der Waals surface area contributed by atoms with Crippen LogP contribution in [0.15, 0.2) is 24.4 Å². The standard InChI is InChI=1S/C21H29N5O2/c1-16-5-6-18(17(2)12-16)13-24-7-3-4-19(14-24)26-15-20(22-23-26)21(27)25-8-10-28-11-9-25/h5-6,12,15,19H,3-4,7-11,13-14H2,1-2H3. The normalized spacial score (nSPS) is 21.1. The maximum atomic E-state index is 12.6. The summed E-state index contributed by atoms with van der Waals surface area (Å²) in [6.45, 7) is 9.74. The summed E-state index contributed by atoms with van der Waals surface area (Å²) >= 11 is 0. The molecule has 1 amide bonds. The van der Waals surface area contributed by atoms with Crippen LogP contribution < -0.4 is 0 Å².